The summed E-state index contributed by atoms with van der Waals surface area (Å²) >= 11 is 0. The Kier molecular flexibility index (Phi) is 3.82. The van der Waals surface area contributed by atoms with E-state index >= 15 is 0 Å². The van der Waals surface area contributed by atoms with Crippen LogP contribution in [0.5, 0.6) is 5.75 Å². The van der Waals surface area contributed by atoms with Crippen molar-refractivity contribution in [3.05, 3.63) is 53.2 Å². The molecule has 1 heterocycles. The maximum absolute atomic E-state index is 12.9. The molecule has 0 spiro atoms. The number of nitrogens with one attached hydrogen (secondary N) is 1. The number of hydrogen-bond acceptors (Lipinski definition) is 4. The Morgan fingerprint density at radius 2 is 2.26 bits per heavy atom. The number of aryl methyl sites for hydroxylation is 1. The second kappa shape index (κ2) is 5.53. The summed E-state index contributed by atoms with van der Waals surface area (Å²) in [6.07, 6.45) is 1.29. The molecule has 0 radical (unpaired) electrons. The topological polar surface area (TPSA) is 77.5 Å². The zero-order chi connectivity index (χ0) is 13.8. The molecular weight excluding hydrogens is 251 g/mol. The van der Waals surface area contributed by atoms with Crippen LogP contribution in [0.2, 0.25) is 0 Å². The first-order valence-corrected chi connectivity index (χ1v) is 5.57. The smallest absolute Gasteiger partial charge is 0.268 e. The number of furan rings is 1. The van der Waals surface area contributed by atoms with E-state index in [1.807, 2.05) is 5.43 Å². The van der Waals surface area contributed by atoms with Gasteiger partial charge in [-0.1, -0.05) is 0 Å². The highest BCUT2D eigenvalue weighted by molar-refractivity contribution is 5.93. The molecule has 0 unspecified atom stereocenters. The van der Waals surface area contributed by atoms with Crippen molar-refractivity contribution in [2.45, 2.75) is 13.5 Å². The molecule has 100 valence electrons. The van der Waals surface area contributed by atoms with E-state index in [-0.39, 0.29) is 12.4 Å². The van der Waals surface area contributed by atoms with Crippen molar-refractivity contribution in [1.82, 2.24) is 5.43 Å². The van der Waals surface area contributed by atoms with Crippen LogP contribution in [-0.2, 0) is 6.61 Å². The van der Waals surface area contributed by atoms with Crippen LogP contribution in [0.25, 0.3) is 0 Å². The summed E-state index contributed by atoms with van der Waals surface area (Å²) < 4.78 is 23.6. The molecule has 2 rings (SSSR count). The summed E-state index contributed by atoms with van der Waals surface area (Å²) in [6, 6.07) is 5.77. The maximum atomic E-state index is 12.9. The van der Waals surface area contributed by atoms with E-state index < -0.39 is 5.91 Å². The van der Waals surface area contributed by atoms with Crippen molar-refractivity contribution in [3.63, 3.8) is 0 Å². The second-order valence-electron chi connectivity index (χ2n) is 3.97. The van der Waals surface area contributed by atoms with Gasteiger partial charge in [-0.2, -0.15) is 0 Å². The van der Waals surface area contributed by atoms with Crippen LogP contribution in [0.3, 0.4) is 0 Å². The molecule has 5 nitrogen and oxygen atoms in total. The minimum atomic E-state index is -0.437. The molecular formula is C13H13FN2O3. The Hall–Kier alpha value is -2.34. The highest BCUT2D eigenvalue weighted by Gasteiger charge is 2.09. The van der Waals surface area contributed by atoms with Crippen molar-refractivity contribution >= 4 is 5.91 Å². The Morgan fingerprint density at radius 1 is 1.47 bits per heavy atom. The van der Waals surface area contributed by atoms with E-state index in [0.29, 0.717) is 22.6 Å². The van der Waals surface area contributed by atoms with Crippen LogP contribution < -0.4 is 16.0 Å². The molecule has 0 atom stereocenters. The number of carbonyl (C=O) groups is 1. The van der Waals surface area contributed by atoms with Crippen LogP contribution >= 0.6 is 0 Å². The number of amides is 1. The maximum Gasteiger partial charge on any atom is 0.268 e. The van der Waals surface area contributed by atoms with Gasteiger partial charge in [-0.05, 0) is 36.8 Å². The SMILES string of the molecule is Cc1cc(F)ccc1OCc1cc(C(=O)NN)co1. The lowest BCUT2D eigenvalue weighted by Gasteiger charge is -2.07. The Bertz CT molecular complexity index is 595. The molecule has 6 heteroatoms. The third-order valence-corrected chi connectivity index (χ3v) is 2.55. The fraction of sp³-hybridized carbons (Fsp3) is 0.154. The fourth-order valence-corrected chi connectivity index (χ4v) is 1.58. The summed E-state index contributed by atoms with van der Waals surface area (Å²) in [6.45, 7) is 1.89. The lowest BCUT2D eigenvalue weighted by Crippen LogP contribution is -2.29. The molecule has 2 aromatic rings. The molecule has 0 aliphatic rings. The lowest BCUT2D eigenvalue weighted by molar-refractivity contribution is 0.0953. The standard InChI is InChI=1S/C13H13FN2O3/c1-8-4-10(14)2-3-12(8)19-7-11-5-9(6-18-11)13(17)16-15/h2-6H,7,15H2,1H3,(H,16,17). The summed E-state index contributed by atoms with van der Waals surface area (Å²) in [5.41, 5.74) is 3.01. The van der Waals surface area contributed by atoms with Crippen LogP contribution in [0.1, 0.15) is 21.7 Å². The normalized spacial score (nSPS) is 10.3. The van der Waals surface area contributed by atoms with Gasteiger partial charge >= 0.3 is 0 Å². The molecule has 19 heavy (non-hydrogen) atoms. The number of carbonyl (C=O) groups excluding carboxylic acids is 1. The van der Waals surface area contributed by atoms with Gasteiger partial charge in [0.05, 0.1) is 5.56 Å². The molecule has 1 aromatic carbocycles. The van der Waals surface area contributed by atoms with Gasteiger partial charge in [0, 0.05) is 0 Å². The molecule has 1 amide bonds. The van der Waals surface area contributed by atoms with E-state index in [1.54, 1.807) is 13.0 Å². The summed E-state index contributed by atoms with van der Waals surface area (Å²) in [4.78, 5) is 11.2. The molecule has 3 N–H and O–H groups in total. The predicted octanol–water partition coefficient (Wildman–Crippen LogP) is 1.91. The average Bonchev–Trinajstić information content (AvgIpc) is 2.85. The zero-order valence-corrected chi connectivity index (χ0v) is 10.3. The van der Waals surface area contributed by atoms with Gasteiger partial charge in [-0.15, -0.1) is 0 Å². The Labute approximate surface area is 109 Å². The number of benzene rings is 1. The molecule has 0 bridgehead atoms. The van der Waals surface area contributed by atoms with E-state index in [1.165, 1.54) is 24.5 Å². The summed E-state index contributed by atoms with van der Waals surface area (Å²) in [5, 5.41) is 0. The lowest BCUT2D eigenvalue weighted by atomic mass is 10.2. The third-order valence-electron chi connectivity index (χ3n) is 2.55. The van der Waals surface area contributed by atoms with Gasteiger partial charge in [-0.3, -0.25) is 10.2 Å². The monoisotopic (exact) mass is 264 g/mol. The summed E-state index contributed by atoms with van der Waals surface area (Å²) in [5.74, 6) is 5.28. The number of hydrogen-bond donors (Lipinski definition) is 2. The van der Waals surface area contributed by atoms with Gasteiger partial charge < -0.3 is 9.15 Å². The molecule has 1 aromatic heterocycles. The van der Waals surface area contributed by atoms with Gasteiger partial charge in [-0.25, -0.2) is 10.2 Å². The molecule has 0 fully saturated rings. The van der Waals surface area contributed by atoms with Gasteiger partial charge in [0.2, 0.25) is 0 Å². The number of nitrogens with two attached hydrogens (primary N) is 1. The first kappa shape index (κ1) is 13.1. The number of ether oxygens (including phenoxy) is 1. The van der Waals surface area contributed by atoms with Gasteiger partial charge in [0.1, 0.15) is 30.2 Å². The van der Waals surface area contributed by atoms with Crippen molar-refractivity contribution < 1.29 is 18.3 Å². The number of hydrazine groups is 1. The first-order chi connectivity index (χ1) is 9.10. The van der Waals surface area contributed by atoms with Gasteiger partial charge in [0.25, 0.3) is 5.91 Å². The minimum Gasteiger partial charge on any atom is -0.485 e. The number of halogens is 1. The van der Waals surface area contributed by atoms with E-state index in [4.69, 9.17) is 15.0 Å². The Morgan fingerprint density at radius 3 is 2.95 bits per heavy atom. The quantitative estimate of drug-likeness (QED) is 0.502. The molecule has 0 saturated carbocycles. The second-order valence-corrected chi connectivity index (χ2v) is 3.97. The van der Waals surface area contributed by atoms with E-state index in [0.717, 1.165) is 0 Å². The van der Waals surface area contributed by atoms with Crippen molar-refractivity contribution in [3.8, 4) is 5.75 Å². The Balaban J connectivity index is 2.02. The summed E-state index contributed by atoms with van der Waals surface area (Å²) in [7, 11) is 0. The third kappa shape index (κ3) is 3.11. The fourth-order valence-electron chi connectivity index (χ4n) is 1.58. The van der Waals surface area contributed by atoms with Gasteiger partial charge in [0.15, 0.2) is 0 Å². The van der Waals surface area contributed by atoms with Crippen LogP contribution in [0.4, 0.5) is 4.39 Å². The van der Waals surface area contributed by atoms with E-state index in [9.17, 15) is 9.18 Å². The molecule has 0 saturated heterocycles. The largest absolute Gasteiger partial charge is 0.485 e. The van der Waals surface area contributed by atoms with Crippen molar-refractivity contribution in [2.75, 3.05) is 0 Å². The first-order valence-electron chi connectivity index (χ1n) is 5.57. The predicted molar refractivity (Wildman–Crippen MR) is 65.8 cm³/mol. The highest BCUT2D eigenvalue weighted by Crippen LogP contribution is 2.20. The van der Waals surface area contributed by atoms with Crippen LogP contribution in [0.15, 0.2) is 34.9 Å². The molecule has 0 aliphatic carbocycles. The van der Waals surface area contributed by atoms with E-state index in [2.05, 4.69) is 0 Å². The highest BCUT2D eigenvalue weighted by atomic mass is 19.1. The zero-order valence-electron chi connectivity index (χ0n) is 10.3. The van der Waals surface area contributed by atoms with Crippen molar-refractivity contribution in [1.29, 1.82) is 0 Å². The van der Waals surface area contributed by atoms with Crippen LogP contribution in [0, 0.1) is 12.7 Å². The molecule has 0 aliphatic heterocycles. The number of nitrogen functional groups attached to an aromatic ring is 1. The van der Waals surface area contributed by atoms with Crippen molar-refractivity contribution in [2.24, 2.45) is 5.84 Å². The number of rotatable bonds is 4. The van der Waals surface area contributed by atoms with Crippen LogP contribution in [-0.4, -0.2) is 5.91 Å². The average molecular weight is 264 g/mol. The minimum absolute atomic E-state index is 0.143.